The van der Waals surface area contributed by atoms with Gasteiger partial charge in [0.2, 0.25) is 5.91 Å². The zero-order valence-electron chi connectivity index (χ0n) is 17.2. The van der Waals surface area contributed by atoms with Gasteiger partial charge in [0.05, 0.1) is 18.2 Å². The fraction of sp³-hybridized carbons (Fsp3) is 0.167. The molecule has 1 atom stereocenters. The van der Waals surface area contributed by atoms with E-state index in [1.807, 2.05) is 37.3 Å². The van der Waals surface area contributed by atoms with Crippen LogP contribution in [0.2, 0.25) is 0 Å². The minimum Gasteiger partial charge on any atom is -0.376 e. The summed E-state index contributed by atoms with van der Waals surface area (Å²) < 4.78 is 38.3. The van der Waals surface area contributed by atoms with Gasteiger partial charge in [0.25, 0.3) is 5.91 Å². The molecule has 0 radical (unpaired) electrons. The lowest BCUT2D eigenvalue weighted by molar-refractivity contribution is -0.137. The molecule has 3 rings (SSSR count). The summed E-state index contributed by atoms with van der Waals surface area (Å²) >= 11 is 0. The first-order valence-electron chi connectivity index (χ1n) is 9.89. The quantitative estimate of drug-likeness (QED) is 0.469. The molecule has 3 aromatic rings. The first kappa shape index (κ1) is 22.9. The molecule has 3 aromatic carbocycles. The van der Waals surface area contributed by atoms with Gasteiger partial charge in [-0.05, 0) is 55.0 Å². The van der Waals surface area contributed by atoms with Gasteiger partial charge in [-0.1, -0.05) is 36.4 Å². The second kappa shape index (κ2) is 10.00. The van der Waals surface area contributed by atoms with Crippen LogP contribution in [0.5, 0.6) is 0 Å². The molecule has 0 spiro atoms. The summed E-state index contributed by atoms with van der Waals surface area (Å²) in [6, 6.07) is 20.4. The zero-order valence-corrected chi connectivity index (χ0v) is 17.2. The minimum atomic E-state index is -4.45. The van der Waals surface area contributed by atoms with Crippen LogP contribution in [0.15, 0.2) is 78.9 Å². The Morgan fingerprint density at radius 1 is 0.875 bits per heavy atom. The van der Waals surface area contributed by atoms with Crippen molar-refractivity contribution in [2.24, 2.45) is 0 Å². The van der Waals surface area contributed by atoms with Crippen molar-refractivity contribution in [2.45, 2.75) is 19.1 Å². The van der Waals surface area contributed by atoms with Gasteiger partial charge in [0, 0.05) is 16.9 Å². The van der Waals surface area contributed by atoms with Crippen molar-refractivity contribution in [1.29, 1.82) is 0 Å². The van der Waals surface area contributed by atoms with Crippen LogP contribution >= 0.6 is 0 Å². The molecule has 0 saturated carbocycles. The molecule has 0 saturated heterocycles. The molecule has 0 aliphatic carbocycles. The lowest BCUT2D eigenvalue weighted by Crippen LogP contribution is -2.26. The summed E-state index contributed by atoms with van der Waals surface area (Å²) in [7, 11) is 0. The van der Waals surface area contributed by atoms with Gasteiger partial charge in [0.15, 0.2) is 0 Å². The third kappa shape index (κ3) is 6.34. The van der Waals surface area contributed by atoms with Crippen LogP contribution in [0.1, 0.15) is 34.5 Å². The number of amides is 2. The normalized spacial score (nSPS) is 12.0. The number of anilines is 2. The van der Waals surface area contributed by atoms with Crippen LogP contribution < -0.4 is 16.0 Å². The predicted molar refractivity (Wildman–Crippen MR) is 117 cm³/mol. The highest BCUT2D eigenvalue weighted by Gasteiger charge is 2.30. The number of rotatable bonds is 7. The highest BCUT2D eigenvalue weighted by Crippen LogP contribution is 2.30. The van der Waals surface area contributed by atoms with Gasteiger partial charge in [-0.25, -0.2) is 0 Å². The van der Waals surface area contributed by atoms with Crippen molar-refractivity contribution >= 4 is 23.2 Å². The van der Waals surface area contributed by atoms with Crippen molar-refractivity contribution in [3.63, 3.8) is 0 Å². The van der Waals surface area contributed by atoms with E-state index < -0.39 is 17.6 Å². The van der Waals surface area contributed by atoms with Crippen LogP contribution in [0.3, 0.4) is 0 Å². The van der Waals surface area contributed by atoms with Crippen molar-refractivity contribution < 1.29 is 22.8 Å². The second-order valence-electron chi connectivity index (χ2n) is 7.16. The van der Waals surface area contributed by atoms with E-state index in [0.29, 0.717) is 11.3 Å². The van der Waals surface area contributed by atoms with E-state index in [0.717, 1.165) is 17.7 Å². The van der Waals surface area contributed by atoms with E-state index in [2.05, 4.69) is 16.0 Å². The van der Waals surface area contributed by atoms with E-state index in [1.54, 1.807) is 24.3 Å². The van der Waals surface area contributed by atoms with Gasteiger partial charge in [-0.15, -0.1) is 0 Å². The average Bonchev–Trinajstić information content (AvgIpc) is 2.78. The Bertz CT molecular complexity index is 1070. The summed E-state index contributed by atoms with van der Waals surface area (Å²) in [6.07, 6.45) is -4.45. The topological polar surface area (TPSA) is 70.2 Å². The monoisotopic (exact) mass is 441 g/mol. The lowest BCUT2D eigenvalue weighted by Gasteiger charge is -2.14. The Hall–Kier alpha value is -3.81. The molecule has 0 aromatic heterocycles. The Kier molecular flexibility index (Phi) is 7.14. The Balaban J connectivity index is 1.52. The molecule has 3 N–H and O–H groups in total. The number of halogens is 3. The van der Waals surface area contributed by atoms with E-state index in [9.17, 15) is 22.8 Å². The standard InChI is InChI=1S/C24H22F3N3O2/c1-16(17-6-3-2-4-7-17)29-23(32)18-10-12-20(13-11-18)30-22(31)15-28-21-9-5-8-19(14-21)24(25,26)27/h2-14,16,28H,15H2,1H3,(H,29,32)(H,30,31). The van der Waals surface area contributed by atoms with Crippen molar-refractivity contribution in [3.8, 4) is 0 Å². The fourth-order valence-electron chi connectivity index (χ4n) is 3.00. The predicted octanol–water partition coefficient (Wildman–Crippen LogP) is 5.25. The molecule has 166 valence electrons. The van der Waals surface area contributed by atoms with Gasteiger partial charge in [0.1, 0.15) is 0 Å². The zero-order chi connectivity index (χ0) is 23.1. The van der Waals surface area contributed by atoms with Crippen LogP contribution in [0, 0.1) is 0 Å². The first-order valence-corrected chi connectivity index (χ1v) is 9.89. The molecule has 0 aliphatic heterocycles. The fourth-order valence-corrected chi connectivity index (χ4v) is 3.00. The van der Waals surface area contributed by atoms with E-state index in [1.165, 1.54) is 12.1 Å². The lowest BCUT2D eigenvalue weighted by atomic mass is 10.1. The third-order valence-corrected chi connectivity index (χ3v) is 4.72. The minimum absolute atomic E-state index is 0.162. The Labute approximate surface area is 183 Å². The summed E-state index contributed by atoms with van der Waals surface area (Å²) in [5, 5.41) is 8.21. The molecular weight excluding hydrogens is 419 g/mol. The Morgan fingerprint density at radius 3 is 2.22 bits per heavy atom. The number of alkyl halides is 3. The van der Waals surface area contributed by atoms with Crippen molar-refractivity contribution in [1.82, 2.24) is 5.32 Å². The summed E-state index contributed by atoms with van der Waals surface area (Å²) in [4.78, 5) is 24.5. The maximum Gasteiger partial charge on any atom is 0.416 e. The second-order valence-corrected chi connectivity index (χ2v) is 7.16. The number of carbonyl (C=O) groups is 2. The van der Waals surface area contributed by atoms with E-state index in [-0.39, 0.29) is 24.2 Å². The Morgan fingerprint density at radius 2 is 1.56 bits per heavy atom. The van der Waals surface area contributed by atoms with Gasteiger partial charge < -0.3 is 16.0 Å². The molecule has 0 bridgehead atoms. The van der Waals surface area contributed by atoms with E-state index in [4.69, 9.17) is 0 Å². The van der Waals surface area contributed by atoms with Crippen molar-refractivity contribution in [3.05, 3.63) is 95.6 Å². The molecule has 0 fully saturated rings. The summed E-state index contributed by atoms with van der Waals surface area (Å²) in [6.45, 7) is 1.68. The molecule has 32 heavy (non-hydrogen) atoms. The summed E-state index contributed by atoms with van der Waals surface area (Å²) in [5.41, 5.74) is 1.28. The molecule has 0 aliphatic rings. The maximum absolute atomic E-state index is 12.8. The summed E-state index contributed by atoms with van der Waals surface area (Å²) in [5.74, 6) is -0.678. The van der Waals surface area contributed by atoms with Gasteiger partial charge >= 0.3 is 6.18 Å². The van der Waals surface area contributed by atoms with E-state index >= 15 is 0 Å². The average molecular weight is 441 g/mol. The van der Waals surface area contributed by atoms with Crippen LogP contribution in [0.4, 0.5) is 24.5 Å². The third-order valence-electron chi connectivity index (χ3n) is 4.72. The number of benzene rings is 3. The number of carbonyl (C=O) groups excluding carboxylic acids is 2. The first-order chi connectivity index (χ1) is 15.2. The largest absolute Gasteiger partial charge is 0.416 e. The molecule has 2 amide bonds. The van der Waals surface area contributed by atoms with Gasteiger partial charge in [-0.2, -0.15) is 13.2 Å². The highest BCUT2D eigenvalue weighted by atomic mass is 19.4. The van der Waals surface area contributed by atoms with Crippen molar-refractivity contribution in [2.75, 3.05) is 17.2 Å². The molecule has 0 heterocycles. The molecule has 5 nitrogen and oxygen atoms in total. The highest BCUT2D eigenvalue weighted by molar-refractivity contribution is 5.96. The van der Waals surface area contributed by atoms with Crippen LogP contribution in [0.25, 0.3) is 0 Å². The number of hydrogen-bond donors (Lipinski definition) is 3. The van der Waals surface area contributed by atoms with Crippen LogP contribution in [-0.2, 0) is 11.0 Å². The SMILES string of the molecule is CC(NC(=O)c1ccc(NC(=O)CNc2cccc(C(F)(F)F)c2)cc1)c1ccccc1. The molecular formula is C24H22F3N3O2. The molecule has 8 heteroatoms. The molecule has 1 unspecified atom stereocenters. The smallest absolute Gasteiger partial charge is 0.376 e. The van der Waals surface area contributed by atoms with Gasteiger partial charge in [-0.3, -0.25) is 9.59 Å². The maximum atomic E-state index is 12.8. The number of hydrogen-bond acceptors (Lipinski definition) is 3. The van der Waals surface area contributed by atoms with Crippen LogP contribution in [-0.4, -0.2) is 18.4 Å². The number of nitrogens with one attached hydrogen (secondary N) is 3.